The van der Waals surface area contributed by atoms with Crippen LogP contribution < -0.4 is 5.32 Å². The van der Waals surface area contributed by atoms with E-state index >= 15 is 0 Å². The predicted octanol–water partition coefficient (Wildman–Crippen LogP) is 5.13. The molecular weight excluding hydrogens is 254 g/mol. The van der Waals surface area contributed by atoms with Crippen LogP contribution in [0, 0.1) is 5.92 Å². The van der Waals surface area contributed by atoms with Crippen molar-refractivity contribution in [3.63, 3.8) is 0 Å². The molecule has 1 heteroatoms. The molecule has 2 rings (SSSR count). The van der Waals surface area contributed by atoms with E-state index in [0.29, 0.717) is 0 Å². The highest BCUT2D eigenvalue weighted by Crippen LogP contribution is 2.30. The van der Waals surface area contributed by atoms with Gasteiger partial charge in [-0.05, 0) is 49.3 Å². The van der Waals surface area contributed by atoms with E-state index in [1.807, 2.05) is 0 Å². The molecule has 1 N–H and O–H groups in total. The second-order valence-corrected chi connectivity index (χ2v) is 6.70. The summed E-state index contributed by atoms with van der Waals surface area (Å²) in [6.45, 7) is 5.74. The Morgan fingerprint density at radius 3 is 2.24 bits per heavy atom. The first-order valence-electron chi connectivity index (χ1n) is 9.15. The van der Waals surface area contributed by atoms with Crippen LogP contribution in [0.5, 0.6) is 0 Å². The van der Waals surface area contributed by atoms with E-state index in [9.17, 15) is 0 Å². The van der Waals surface area contributed by atoms with Crippen LogP contribution in [0.1, 0.15) is 69.9 Å². The molecule has 1 aliphatic rings. The van der Waals surface area contributed by atoms with Crippen LogP contribution in [-0.4, -0.2) is 12.6 Å². The molecule has 0 amide bonds. The molecule has 1 unspecified atom stereocenters. The van der Waals surface area contributed by atoms with Gasteiger partial charge < -0.3 is 5.32 Å². The third-order valence-electron chi connectivity index (χ3n) is 4.93. The monoisotopic (exact) mass is 287 g/mol. The van der Waals surface area contributed by atoms with Gasteiger partial charge in [-0.3, -0.25) is 0 Å². The van der Waals surface area contributed by atoms with Crippen LogP contribution in [0.3, 0.4) is 0 Å². The predicted molar refractivity (Wildman–Crippen MR) is 92.8 cm³/mol. The largest absolute Gasteiger partial charge is 0.314 e. The lowest BCUT2D eigenvalue weighted by molar-refractivity contribution is 0.335. The van der Waals surface area contributed by atoms with E-state index in [-0.39, 0.29) is 0 Å². The van der Waals surface area contributed by atoms with Gasteiger partial charge in [0.1, 0.15) is 0 Å². The first kappa shape index (κ1) is 16.5. The highest BCUT2D eigenvalue weighted by Gasteiger charge is 2.27. The summed E-state index contributed by atoms with van der Waals surface area (Å²) in [5, 5.41) is 3.84. The number of fused-ring (bicyclic) bond motifs is 1. The lowest BCUT2D eigenvalue weighted by Gasteiger charge is -2.25. The zero-order chi connectivity index (χ0) is 14.9. The van der Waals surface area contributed by atoms with Crippen molar-refractivity contribution in [2.24, 2.45) is 5.92 Å². The van der Waals surface area contributed by atoms with E-state index in [2.05, 4.69) is 43.4 Å². The van der Waals surface area contributed by atoms with Crippen LogP contribution >= 0.6 is 0 Å². The number of nitrogens with one attached hydrogen (secondary N) is 1. The van der Waals surface area contributed by atoms with Gasteiger partial charge in [-0.15, -0.1) is 0 Å². The van der Waals surface area contributed by atoms with Gasteiger partial charge in [0.2, 0.25) is 0 Å². The Balaban J connectivity index is 1.82. The first-order chi connectivity index (χ1) is 10.3. The van der Waals surface area contributed by atoms with Crippen molar-refractivity contribution in [3.8, 4) is 0 Å². The normalized spacial score (nSPS) is 16.1. The lowest BCUT2D eigenvalue weighted by Crippen LogP contribution is -2.37. The molecule has 21 heavy (non-hydrogen) atoms. The summed E-state index contributed by atoms with van der Waals surface area (Å²) in [6.07, 6.45) is 12.2. The minimum absolute atomic E-state index is 0.721. The zero-order valence-electron chi connectivity index (χ0n) is 14.0. The molecule has 1 atom stereocenters. The van der Waals surface area contributed by atoms with Gasteiger partial charge in [0.05, 0.1) is 0 Å². The lowest BCUT2D eigenvalue weighted by atomic mass is 9.91. The average Bonchev–Trinajstić information content (AvgIpc) is 2.93. The van der Waals surface area contributed by atoms with E-state index in [1.165, 1.54) is 64.3 Å². The van der Waals surface area contributed by atoms with Crippen LogP contribution in [0.25, 0.3) is 0 Å². The third kappa shape index (κ3) is 5.14. The van der Waals surface area contributed by atoms with Crippen molar-refractivity contribution in [1.29, 1.82) is 0 Å². The minimum atomic E-state index is 0.721. The maximum atomic E-state index is 3.84. The molecule has 0 saturated heterocycles. The molecule has 0 heterocycles. The zero-order valence-corrected chi connectivity index (χ0v) is 14.0. The first-order valence-corrected chi connectivity index (χ1v) is 9.15. The minimum Gasteiger partial charge on any atom is -0.314 e. The number of hydrogen-bond donors (Lipinski definition) is 1. The second-order valence-electron chi connectivity index (χ2n) is 6.70. The van der Waals surface area contributed by atoms with Crippen molar-refractivity contribution >= 4 is 0 Å². The Labute approximate surface area is 131 Å². The Morgan fingerprint density at radius 2 is 1.62 bits per heavy atom. The molecule has 0 aliphatic heterocycles. The van der Waals surface area contributed by atoms with Gasteiger partial charge in [-0.1, -0.05) is 70.2 Å². The number of hydrogen-bond acceptors (Lipinski definition) is 1. The number of benzene rings is 1. The average molecular weight is 287 g/mol. The van der Waals surface area contributed by atoms with E-state index in [1.54, 1.807) is 11.1 Å². The molecule has 0 bridgehead atoms. The Hall–Kier alpha value is -0.820. The summed E-state index contributed by atoms with van der Waals surface area (Å²) < 4.78 is 0. The fraction of sp³-hybridized carbons (Fsp3) is 0.700. The molecule has 0 spiro atoms. The Morgan fingerprint density at radius 1 is 0.952 bits per heavy atom. The van der Waals surface area contributed by atoms with Gasteiger partial charge in [-0.2, -0.15) is 0 Å². The highest BCUT2D eigenvalue weighted by atomic mass is 14.9. The summed E-state index contributed by atoms with van der Waals surface area (Å²) in [5.41, 5.74) is 3.19. The quantitative estimate of drug-likeness (QED) is 0.588. The molecule has 118 valence electrons. The summed E-state index contributed by atoms with van der Waals surface area (Å²) >= 11 is 0. The van der Waals surface area contributed by atoms with Crippen LogP contribution in [0.2, 0.25) is 0 Å². The van der Waals surface area contributed by atoms with Crippen molar-refractivity contribution < 1.29 is 0 Å². The van der Waals surface area contributed by atoms with Gasteiger partial charge >= 0.3 is 0 Å². The molecule has 0 radical (unpaired) electrons. The van der Waals surface area contributed by atoms with E-state index in [0.717, 1.165) is 12.0 Å². The highest BCUT2D eigenvalue weighted by molar-refractivity contribution is 5.32. The summed E-state index contributed by atoms with van der Waals surface area (Å²) in [6, 6.07) is 9.76. The van der Waals surface area contributed by atoms with Crippen molar-refractivity contribution in [2.45, 2.75) is 77.7 Å². The Kier molecular flexibility index (Phi) is 7.29. The van der Waals surface area contributed by atoms with Crippen molar-refractivity contribution in [2.75, 3.05) is 6.54 Å². The maximum Gasteiger partial charge on any atom is 0.0102 e. The molecule has 1 nitrogen and oxygen atoms in total. The SMILES string of the molecule is CCCCCCCC(NCCC)C1Cc2ccccc2C1. The van der Waals surface area contributed by atoms with Gasteiger partial charge in [0.25, 0.3) is 0 Å². The van der Waals surface area contributed by atoms with Crippen molar-refractivity contribution in [1.82, 2.24) is 5.32 Å². The molecule has 1 aromatic carbocycles. The smallest absolute Gasteiger partial charge is 0.0102 e. The van der Waals surface area contributed by atoms with Gasteiger partial charge in [0, 0.05) is 6.04 Å². The number of rotatable bonds is 10. The van der Waals surface area contributed by atoms with Gasteiger partial charge in [0.15, 0.2) is 0 Å². The molecule has 1 aliphatic carbocycles. The van der Waals surface area contributed by atoms with E-state index < -0.39 is 0 Å². The van der Waals surface area contributed by atoms with Crippen LogP contribution in [-0.2, 0) is 12.8 Å². The molecule has 0 fully saturated rings. The molecular formula is C20H33N. The molecule has 0 aromatic heterocycles. The van der Waals surface area contributed by atoms with Crippen LogP contribution in [0.15, 0.2) is 24.3 Å². The van der Waals surface area contributed by atoms with Crippen molar-refractivity contribution in [3.05, 3.63) is 35.4 Å². The van der Waals surface area contributed by atoms with Gasteiger partial charge in [-0.25, -0.2) is 0 Å². The fourth-order valence-corrected chi connectivity index (χ4v) is 3.68. The summed E-state index contributed by atoms with van der Waals surface area (Å²) in [4.78, 5) is 0. The molecule has 1 aromatic rings. The topological polar surface area (TPSA) is 12.0 Å². The number of unbranched alkanes of at least 4 members (excludes halogenated alkanes) is 4. The second kappa shape index (κ2) is 9.25. The molecule has 0 saturated carbocycles. The third-order valence-corrected chi connectivity index (χ3v) is 4.93. The van der Waals surface area contributed by atoms with E-state index in [4.69, 9.17) is 0 Å². The summed E-state index contributed by atoms with van der Waals surface area (Å²) in [7, 11) is 0. The fourth-order valence-electron chi connectivity index (χ4n) is 3.68. The Bertz CT molecular complexity index is 374. The standard InChI is InChI=1S/C20H33N/c1-3-5-6-7-8-13-20(21-14-4-2)19-15-17-11-9-10-12-18(17)16-19/h9-12,19-21H,3-8,13-16H2,1-2H3. The van der Waals surface area contributed by atoms with Crippen LogP contribution in [0.4, 0.5) is 0 Å². The summed E-state index contributed by atoms with van der Waals surface area (Å²) in [5.74, 6) is 0.820. The maximum absolute atomic E-state index is 3.84.